The van der Waals surface area contributed by atoms with E-state index in [-0.39, 0.29) is 12.3 Å². The highest BCUT2D eigenvalue weighted by Gasteiger charge is 2.08. The smallest absolute Gasteiger partial charge is 0.271 e. The van der Waals surface area contributed by atoms with Crippen molar-refractivity contribution in [3.8, 4) is 11.5 Å². The van der Waals surface area contributed by atoms with E-state index in [1.165, 1.54) is 6.21 Å². The van der Waals surface area contributed by atoms with E-state index in [0.717, 1.165) is 5.56 Å². The lowest BCUT2D eigenvalue weighted by atomic mass is 10.1. The van der Waals surface area contributed by atoms with Gasteiger partial charge in [0, 0.05) is 22.9 Å². The molecule has 7 nitrogen and oxygen atoms in total. The first-order chi connectivity index (χ1) is 15.1. The third-order valence-corrected chi connectivity index (χ3v) is 4.43. The van der Waals surface area contributed by atoms with Crippen LogP contribution in [0.5, 0.6) is 11.5 Å². The summed E-state index contributed by atoms with van der Waals surface area (Å²) in [6, 6.07) is 21.4. The van der Waals surface area contributed by atoms with Crippen LogP contribution in [0.25, 0.3) is 0 Å². The summed E-state index contributed by atoms with van der Waals surface area (Å²) < 4.78 is 10.5. The van der Waals surface area contributed by atoms with Crippen LogP contribution in [0.2, 0.25) is 0 Å². The van der Waals surface area contributed by atoms with Gasteiger partial charge < -0.3 is 14.8 Å². The first-order valence-electron chi connectivity index (χ1n) is 9.58. The second-order valence-electron chi connectivity index (χ2n) is 6.60. The van der Waals surface area contributed by atoms with Gasteiger partial charge in [0.2, 0.25) is 5.91 Å². The fourth-order valence-electron chi connectivity index (χ4n) is 2.87. The predicted molar refractivity (Wildman–Crippen MR) is 120 cm³/mol. The Kier molecular flexibility index (Phi) is 7.37. The molecule has 0 aliphatic rings. The van der Waals surface area contributed by atoms with E-state index in [9.17, 15) is 9.59 Å². The fraction of sp³-hybridized carbons (Fsp3) is 0.125. The minimum Gasteiger partial charge on any atom is -0.497 e. The molecule has 0 aliphatic carbocycles. The van der Waals surface area contributed by atoms with Crippen molar-refractivity contribution in [2.24, 2.45) is 5.10 Å². The number of hydrogen-bond donors (Lipinski definition) is 2. The number of carbonyl (C=O) groups excluding carboxylic acids is 2. The van der Waals surface area contributed by atoms with Gasteiger partial charge in [0.05, 0.1) is 26.9 Å². The molecule has 0 aliphatic heterocycles. The first kappa shape index (κ1) is 21.6. The Morgan fingerprint density at radius 3 is 2.48 bits per heavy atom. The second kappa shape index (κ2) is 10.6. The highest BCUT2D eigenvalue weighted by atomic mass is 16.5. The van der Waals surface area contributed by atoms with Gasteiger partial charge in [-0.05, 0) is 35.9 Å². The summed E-state index contributed by atoms with van der Waals surface area (Å²) in [4.78, 5) is 24.7. The molecular weight excluding hydrogens is 394 g/mol. The van der Waals surface area contributed by atoms with Crippen LogP contribution in [0.1, 0.15) is 21.5 Å². The van der Waals surface area contributed by atoms with E-state index in [2.05, 4.69) is 15.8 Å². The molecule has 0 fully saturated rings. The lowest BCUT2D eigenvalue weighted by Gasteiger charge is -2.08. The Bertz CT molecular complexity index is 1080. The molecule has 0 aromatic heterocycles. The zero-order chi connectivity index (χ0) is 22.1. The van der Waals surface area contributed by atoms with E-state index in [1.807, 2.05) is 30.3 Å². The maximum Gasteiger partial charge on any atom is 0.271 e. The molecule has 0 bridgehead atoms. The largest absolute Gasteiger partial charge is 0.497 e. The predicted octanol–water partition coefficient (Wildman–Crippen LogP) is 3.65. The van der Waals surface area contributed by atoms with E-state index >= 15 is 0 Å². The van der Waals surface area contributed by atoms with E-state index in [0.29, 0.717) is 28.3 Å². The number of hydrogen-bond acceptors (Lipinski definition) is 5. The number of ether oxygens (including phenoxy) is 2. The van der Waals surface area contributed by atoms with Crippen molar-refractivity contribution in [3.63, 3.8) is 0 Å². The molecule has 3 aromatic carbocycles. The van der Waals surface area contributed by atoms with Gasteiger partial charge in [-0.2, -0.15) is 5.10 Å². The van der Waals surface area contributed by atoms with Crippen LogP contribution < -0.4 is 20.2 Å². The minimum absolute atomic E-state index is 0.159. The number of nitrogens with one attached hydrogen (secondary N) is 2. The van der Waals surface area contributed by atoms with Gasteiger partial charge in [0.1, 0.15) is 11.5 Å². The molecule has 0 radical (unpaired) electrons. The van der Waals surface area contributed by atoms with E-state index in [4.69, 9.17) is 9.47 Å². The average molecular weight is 417 g/mol. The van der Waals surface area contributed by atoms with Crippen molar-refractivity contribution in [3.05, 3.63) is 89.5 Å². The van der Waals surface area contributed by atoms with Gasteiger partial charge in [0.25, 0.3) is 5.91 Å². The van der Waals surface area contributed by atoms with Crippen LogP contribution in [0.15, 0.2) is 77.9 Å². The van der Waals surface area contributed by atoms with Gasteiger partial charge in [-0.1, -0.05) is 36.4 Å². The monoisotopic (exact) mass is 417 g/mol. The van der Waals surface area contributed by atoms with Crippen molar-refractivity contribution >= 4 is 23.7 Å². The summed E-state index contributed by atoms with van der Waals surface area (Å²) >= 11 is 0. The van der Waals surface area contributed by atoms with E-state index in [1.54, 1.807) is 56.7 Å². The first-order valence-corrected chi connectivity index (χ1v) is 9.58. The van der Waals surface area contributed by atoms with Gasteiger partial charge in [-0.25, -0.2) is 5.43 Å². The zero-order valence-electron chi connectivity index (χ0n) is 17.3. The normalized spacial score (nSPS) is 10.5. The van der Waals surface area contributed by atoms with Crippen LogP contribution in [-0.2, 0) is 11.2 Å². The fourth-order valence-corrected chi connectivity index (χ4v) is 2.87. The lowest BCUT2D eigenvalue weighted by molar-refractivity contribution is -0.115. The SMILES string of the molecule is COc1ccc(/C=N\NC(=O)c2cccc(NC(=O)Cc3ccccc3)c2)c(OC)c1. The summed E-state index contributed by atoms with van der Waals surface area (Å²) in [6.07, 6.45) is 1.74. The summed E-state index contributed by atoms with van der Waals surface area (Å²) in [7, 11) is 3.11. The minimum atomic E-state index is -0.400. The molecule has 7 heteroatoms. The van der Waals surface area contributed by atoms with Crippen molar-refractivity contribution in [1.29, 1.82) is 0 Å². The molecule has 0 heterocycles. The molecule has 0 saturated carbocycles. The maximum absolute atomic E-state index is 12.4. The van der Waals surface area contributed by atoms with Crippen LogP contribution in [0.4, 0.5) is 5.69 Å². The number of nitrogens with zero attached hydrogens (tertiary/aromatic N) is 1. The number of hydrazone groups is 1. The van der Waals surface area contributed by atoms with Gasteiger partial charge in [-0.15, -0.1) is 0 Å². The summed E-state index contributed by atoms with van der Waals surface area (Å²) in [5.74, 6) is 0.668. The standard InChI is InChI=1S/C24H23N3O4/c1-30-21-12-11-19(22(15-21)31-2)16-25-27-24(29)18-9-6-10-20(14-18)26-23(28)13-17-7-4-3-5-8-17/h3-12,14-16H,13H2,1-2H3,(H,26,28)(H,27,29)/b25-16-. The Labute approximate surface area is 180 Å². The van der Waals surface area contributed by atoms with Crippen molar-refractivity contribution in [1.82, 2.24) is 5.43 Å². The number of rotatable bonds is 8. The summed E-state index contributed by atoms with van der Waals surface area (Å²) in [5.41, 5.74) is 4.99. The molecule has 158 valence electrons. The van der Waals surface area contributed by atoms with Crippen LogP contribution in [0, 0.1) is 0 Å². The van der Waals surface area contributed by atoms with Crippen molar-refractivity contribution in [2.75, 3.05) is 19.5 Å². The van der Waals surface area contributed by atoms with Gasteiger partial charge in [0.15, 0.2) is 0 Å². The highest BCUT2D eigenvalue weighted by Crippen LogP contribution is 2.23. The lowest BCUT2D eigenvalue weighted by Crippen LogP contribution is -2.19. The molecule has 3 aromatic rings. The third kappa shape index (κ3) is 6.17. The molecule has 0 saturated heterocycles. The summed E-state index contributed by atoms with van der Waals surface area (Å²) in [5, 5.41) is 6.80. The summed E-state index contributed by atoms with van der Waals surface area (Å²) in [6.45, 7) is 0. The number of methoxy groups -OCH3 is 2. The molecule has 0 unspecified atom stereocenters. The number of benzene rings is 3. The second-order valence-corrected chi connectivity index (χ2v) is 6.60. The van der Waals surface area contributed by atoms with Gasteiger partial charge >= 0.3 is 0 Å². The molecule has 2 N–H and O–H groups in total. The van der Waals surface area contributed by atoms with E-state index < -0.39 is 5.91 Å². The Morgan fingerprint density at radius 2 is 1.74 bits per heavy atom. The van der Waals surface area contributed by atoms with Crippen molar-refractivity contribution < 1.29 is 19.1 Å². The maximum atomic E-state index is 12.4. The quantitative estimate of drug-likeness (QED) is 0.433. The number of amides is 2. The van der Waals surface area contributed by atoms with Gasteiger partial charge in [-0.3, -0.25) is 9.59 Å². The average Bonchev–Trinajstić information content (AvgIpc) is 2.79. The number of carbonyl (C=O) groups is 2. The molecule has 3 rings (SSSR count). The zero-order valence-corrected chi connectivity index (χ0v) is 17.3. The Hall–Kier alpha value is -4.13. The Balaban J connectivity index is 1.61. The Morgan fingerprint density at radius 1 is 0.935 bits per heavy atom. The molecule has 0 atom stereocenters. The third-order valence-electron chi connectivity index (χ3n) is 4.43. The molecular formula is C24H23N3O4. The molecule has 0 spiro atoms. The molecule has 31 heavy (non-hydrogen) atoms. The molecule has 2 amide bonds. The van der Waals surface area contributed by atoms with Crippen LogP contribution in [0.3, 0.4) is 0 Å². The highest BCUT2D eigenvalue weighted by molar-refractivity contribution is 5.98. The number of anilines is 1. The topological polar surface area (TPSA) is 89.0 Å². The van der Waals surface area contributed by atoms with Crippen LogP contribution >= 0.6 is 0 Å². The van der Waals surface area contributed by atoms with Crippen molar-refractivity contribution in [2.45, 2.75) is 6.42 Å². The van der Waals surface area contributed by atoms with Crippen LogP contribution in [-0.4, -0.2) is 32.2 Å².